The fourth-order valence-electron chi connectivity index (χ4n) is 3.01. The zero-order valence-corrected chi connectivity index (χ0v) is 15.1. The number of benzene rings is 1. The molecule has 132 valence electrons. The van der Waals surface area contributed by atoms with Crippen LogP contribution in [0.15, 0.2) is 35.7 Å². The molecule has 3 N–H and O–H groups in total. The zero-order chi connectivity index (χ0) is 17.8. The first-order valence-electron chi connectivity index (χ1n) is 8.61. The van der Waals surface area contributed by atoms with E-state index in [0.29, 0.717) is 29.2 Å². The van der Waals surface area contributed by atoms with E-state index in [1.54, 1.807) is 11.0 Å². The van der Waals surface area contributed by atoms with Gasteiger partial charge in [-0.05, 0) is 48.4 Å². The number of likely N-dealkylation sites (tertiary alicyclic amines) is 1. The Morgan fingerprint density at radius 2 is 2.04 bits per heavy atom. The van der Waals surface area contributed by atoms with Crippen LogP contribution in [0.4, 0.5) is 5.00 Å². The number of rotatable bonds is 4. The fourth-order valence-corrected chi connectivity index (χ4v) is 3.78. The fraction of sp³-hybridized carbons (Fsp3) is 0.368. The molecule has 6 heteroatoms. The van der Waals surface area contributed by atoms with Crippen LogP contribution in [-0.2, 0) is 6.42 Å². The van der Waals surface area contributed by atoms with Crippen LogP contribution in [0.2, 0.25) is 0 Å². The minimum Gasteiger partial charge on any atom is -0.337 e. The maximum absolute atomic E-state index is 12.8. The molecule has 0 spiro atoms. The van der Waals surface area contributed by atoms with Gasteiger partial charge in [0.1, 0.15) is 5.00 Å². The van der Waals surface area contributed by atoms with Gasteiger partial charge in [0, 0.05) is 24.7 Å². The lowest BCUT2D eigenvalue weighted by atomic mass is 10.1. The molecule has 0 saturated carbocycles. The van der Waals surface area contributed by atoms with Gasteiger partial charge < -0.3 is 16.0 Å². The number of carbonyl (C=O) groups is 2. The van der Waals surface area contributed by atoms with Crippen molar-refractivity contribution in [2.45, 2.75) is 32.2 Å². The second kappa shape index (κ2) is 7.80. The van der Waals surface area contributed by atoms with Crippen LogP contribution in [0, 0.1) is 0 Å². The number of carbonyl (C=O) groups excluding carboxylic acids is 2. The average molecular weight is 357 g/mol. The van der Waals surface area contributed by atoms with Crippen molar-refractivity contribution in [1.29, 1.82) is 0 Å². The zero-order valence-electron chi connectivity index (χ0n) is 14.3. The molecule has 25 heavy (non-hydrogen) atoms. The lowest BCUT2D eigenvalue weighted by Gasteiger charge is -2.30. The highest BCUT2D eigenvalue weighted by atomic mass is 32.1. The minimum atomic E-state index is -0.200. The van der Waals surface area contributed by atoms with Crippen LogP contribution in [0.5, 0.6) is 0 Å². The summed E-state index contributed by atoms with van der Waals surface area (Å²) in [6.07, 6.45) is 2.80. The highest BCUT2D eigenvalue weighted by Gasteiger charge is 2.25. The van der Waals surface area contributed by atoms with E-state index in [4.69, 9.17) is 5.73 Å². The monoisotopic (exact) mass is 357 g/mol. The molecule has 5 nitrogen and oxygen atoms in total. The van der Waals surface area contributed by atoms with Crippen LogP contribution < -0.4 is 11.1 Å². The van der Waals surface area contributed by atoms with E-state index in [0.717, 1.165) is 19.3 Å². The standard InChI is InChI=1S/C19H23N3O2S/c1-2-13-5-7-14(8-6-13)17(23)21-18-16(9-11-25-18)19(24)22-10-3-4-15(20)12-22/h5-9,11,15H,2-4,10,12,20H2,1H3,(H,21,23). The topological polar surface area (TPSA) is 75.4 Å². The Balaban J connectivity index is 1.72. The van der Waals surface area contributed by atoms with Crippen molar-refractivity contribution in [3.63, 3.8) is 0 Å². The number of nitrogens with one attached hydrogen (secondary N) is 1. The second-order valence-electron chi connectivity index (χ2n) is 6.32. The van der Waals surface area contributed by atoms with Crippen LogP contribution in [0.25, 0.3) is 0 Å². The number of thiophene rings is 1. The Hall–Kier alpha value is -2.18. The first-order valence-corrected chi connectivity index (χ1v) is 9.49. The molecule has 1 aliphatic rings. The number of piperidine rings is 1. The van der Waals surface area contributed by atoms with Crippen LogP contribution >= 0.6 is 11.3 Å². The summed E-state index contributed by atoms with van der Waals surface area (Å²) in [6, 6.07) is 9.32. The molecule has 2 amide bonds. The summed E-state index contributed by atoms with van der Waals surface area (Å²) in [5.74, 6) is -0.262. The van der Waals surface area contributed by atoms with Crippen LogP contribution in [-0.4, -0.2) is 35.8 Å². The van der Waals surface area contributed by atoms with Crippen molar-refractivity contribution in [2.75, 3.05) is 18.4 Å². The van der Waals surface area contributed by atoms with E-state index >= 15 is 0 Å². The van der Waals surface area contributed by atoms with Crippen LogP contribution in [0.3, 0.4) is 0 Å². The normalized spacial score (nSPS) is 17.4. The van der Waals surface area contributed by atoms with Crippen molar-refractivity contribution in [3.05, 3.63) is 52.4 Å². The predicted octanol–water partition coefficient (Wildman–Crippen LogP) is 3.13. The van der Waals surface area contributed by atoms with Gasteiger partial charge in [-0.25, -0.2) is 0 Å². The third-order valence-electron chi connectivity index (χ3n) is 4.49. The predicted molar refractivity (Wildman–Crippen MR) is 101 cm³/mol. The molecular formula is C19H23N3O2S. The Morgan fingerprint density at radius 3 is 2.72 bits per heavy atom. The SMILES string of the molecule is CCc1ccc(C(=O)Nc2sccc2C(=O)N2CCCC(N)C2)cc1. The van der Waals surface area contributed by atoms with Crippen molar-refractivity contribution in [2.24, 2.45) is 5.73 Å². The first kappa shape index (κ1) is 17.6. The van der Waals surface area contributed by atoms with Gasteiger partial charge in [0.05, 0.1) is 5.56 Å². The summed E-state index contributed by atoms with van der Waals surface area (Å²) >= 11 is 1.36. The van der Waals surface area contributed by atoms with E-state index in [-0.39, 0.29) is 17.9 Å². The Bertz CT molecular complexity index is 754. The molecule has 1 aromatic carbocycles. The van der Waals surface area contributed by atoms with Gasteiger partial charge in [-0.1, -0.05) is 19.1 Å². The Morgan fingerprint density at radius 1 is 1.28 bits per heavy atom. The van der Waals surface area contributed by atoms with Gasteiger partial charge in [0.15, 0.2) is 0 Å². The molecule has 1 fully saturated rings. The summed E-state index contributed by atoms with van der Waals surface area (Å²) in [7, 11) is 0. The second-order valence-corrected chi connectivity index (χ2v) is 7.24. The van der Waals surface area contributed by atoms with Gasteiger partial charge >= 0.3 is 0 Å². The third kappa shape index (κ3) is 4.08. The lowest BCUT2D eigenvalue weighted by molar-refractivity contribution is 0.0710. The molecule has 0 radical (unpaired) electrons. The smallest absolute Gasteiger partial charge is 0.256 e. The molecule has 1 atom stereocenters. The Labute approximate surface area is 151 Å². The minimum absolute atomic E-state index is 0.0338. The van der Waals surface area contributed by atoms with E-state index < -0.39 is 0 Å². The Kier molecular flexibility index (Phi) is 5.50. The van der Waals surface area contributed by atoms with Crippen LogP contribution in [0.1, 0.15) is 46.0 Å². The summed E-state index contributed by atoms with van der Waals surface area (Å²) in [5.41, 5.74) is 8.29. The van der Waals surface area contributed by atoms with Gasteiger partial charge in [-0.3, -0.25) is 9.59 Å². The number of aryl methyl sites for hydroxylation is 1. The van der Waals surface area contributed by atoms with E-state index in [2.05, 4.69) is 12.2 Å². The summed E-state index contributed by atoms with van der Waals surface area (Å²) < 4.78 is 0. The molecule has 1 saturated heterocycles. The molecule has 1 aromatic heterocycles. The number of anilines is 1. The quantitative estimate of drug-likeness (QED) is 0.883. The summed E-state index contributed by atoms with van der Waals surface area (Å²) in [6.45, 7) is 3.36. The highest BCUT2D eigenvalue weighted by Crippen LogP contribution is 2.26. The molecule has 2 aromatic rings. The number of nitrogens with zero attached hydrogens (tertiary/aromatic N) is 1. The molecule has 2 heterocycles. The molecule has 0 bridgehead atoms. The van der Waals surface area contributed by atoms with E-state index in [9.17, 15) is 9.59 Å². The number of amides is 2. The van der Waals surface area contributed by atoms with Crippen molar-refractivity contribution in [1.82, 2.24) is 4.90 Å². The maximum Gasteiger partial charge on any atom is 0.256 e. The number of hydrogen-bond acceptors (Lipinski definition) is 4. The highest BCUT2D eigenvalue weighted by molar-refractivity contribution is 7.14. The maximum atomic E-state index is 12.8. The largest absolute Gasteiger partial charge is 0.337 e. The summed E-state index contributed by atoms with van der Waals surface area (Å²) in [4.78, 5) is 27.0. The van der Waals surface area contributed by atoms with Gasteiger partial charge in [-0.15, -0.1) is 11.3 Å². The van der Waals surface area contributed by atoms with Crippen molar-refractivity contribution < 1.29 is 9.59 Å². The average Bonchev–Trinajstić information content (AvgIpc) is 3.09. The molecule has 1 unspecified atom stereocenters. The summed E-state index contributed by atoms with van der Waals surface area (Å²) in [5, 5.41) is 5.29. The van der Waals surface area contributed by atoms with Gasteiger partial charge in [-0.2, -0.15) is 0 Å². The number of hydrogen-bond donors (Lipinski definition) is 2. The van der Waals surface area contributed by atoms with Crippen molar-refractivity contribution >= 4 is 28.2 Å². The lowest BCUT2D eigenvalue weighted by Crippen LogP contribution is -2.45. The van der Waals surface area contributed by atoms with Gasteiger partial charge in [0.25, 0.3) is 11.8 Å². The molecule has 0 aliphatic carbocycles. The number of nitrogens with two attached hydrogens (primary N) is 1. The third-order valence-corrected chi connectivity index (χ3v) is 5.32. The van der Waals surface area contributed by atoms with E-state index in [1.165, 1.54) is 16.9 Å². The van der Waals surface area contributed by atoms with E-state index in [1.807, 2.05) is 29.6 Å². The van der Waals surface area contributed by atoms with Gasteiger partial charge in [0.2, 0.25) is 0 Å². The molecular weight excluding hydrogens is 334 g/mol. The van der Waals surface area contributed by atoms with Crippen molar-refractivity contribution in [3.8, 4) is 0 Å². The molecule has 3 rings (SSSR count). The molecule has 1 aliphatic heterocycles. The first-order chi connectivity index (χ1) is 12.1.